The van der Waals surface area contributed by atoms with Gasteiger partial charge in [0.15, 0.2) is 0 Å². The van der Waals surface area contributed by atoms with E-state index in [-0.39, 0.29) is 6.61 Å². The van der Waals surface area contributed by atoms with Crippen LogP contribution in [0.5, 0.6) is 0 Å². The number of nitrogens with zero attached hydrogens (tertiary/aromatic N) is 3. The summed E-state index contributed by atoms with van der Waals surface area (Å²) in [6, 6.07) is 2.33. The molecule has 0 spiro atoms. The fraction of sp³-hybridized carbons (Fsp3) is 0.538. The van der Waals surface area contributed by atoms with Crippen LogP contribution in [0.2, 0.25) is 0 Å². The van der Waals surface area contributed by atoms with E-state index in [9.17, 15) is 0 Å². The number of hydrogen-bond donors (Lipinski definition) is 2. The zero-order chi connectivity index (χ0) is 13.8. The van der Waals surface area contributed by atoms with Crippen molar-refractivity contribution in [1.82, 2.24) is 14.9 Å². The van der Waals surface area contributed by atoms with Crippen molar-refractivity contribution in [3.63, 3.8) is 0 Å². The lowest BCUT2D eigenvalue weighted by atomic mass is 10.2. The normalized spacial score (nSPS) is 11.8. The summed E-state index contributed by atoms with van der Waals surface area (Å²) in [4.78, 5) is 12.1. The number of nitrogens with two attached hydrogens (primary N) is 1. The second-order valence-corrected chi connectivity index (χ2v) is 5.70. The topological polar surface area (TPSA) is 75.3 Å². The molecule has 0 aromatic carbocycles. The van der Waals surface area contributed by atoms with Gasteiger partial charge in [-0.15, -0.1) is 11.3 Å². The first-order chi connectivity index (χ1) is 9.11. The summed E-state index contributed by atoms with van der Waals surface area (Å²) >= 11 is 1.58. The maximum atomic E-state index is 8.94. The summed E-state index contributed by atoms with van der Waals surface area (Å²) in [5, 5.41) is 11.9. The Labute approximate surface area is 117 Å². The first-order valence-electron chi connectivity index (χ1n) is 6.46. The zero-order valence-electron chi connectivity index (χ0n) is 11.3. The van der Waals surface area contributed by atoms with Crippen LogP contribution in [0.25, 0.3) is 10.2 Å². The summed E-state index contributed by atoms with van der Waals surface area (Å²) in [6.45, 7) is 5.96. The van der Waals surface area contributed by atoms with Crippen LogP contribution in [-0.4, -0.2) is 39.2 Å². The molecule has 3 N–H and O–H groups in total. The maximum absolute atomic E-state index is 8.94. The molecule has 0 saturated carbocycles. The number of fused-ring (bicyclic) bond motifs is 1. The lowest BCUT2D eigenvalue weighted by Gasteiger charge is -2.25. The van der Waals surface area contributed by atoms with Crippen LogP contribution >= 0.6 is 11.3 Å². The van der Waals surface area contributed by atoms with Crippen LogP contribution in [0, 0.1) is 0 Å². The number of rotatable bonds is 6. The molecule has 6 heteroatoms. The minimum atomic E-state index is 0.205. The fourth-order valence-electron chi connectivity index (χ4n) is 1.97. The molecule has 0 atom stereocenters. The molecule has 19 heavy (non-hydrogen) atoms. The predicted molar refractivity (Wildman–Crippen MR) is 79.1 cm³/mol. The van der Waals surface area contributed by atoms with Gasteiger partial charge in [0.25, 0.3) is 0 Å². The van der Waals surface area contributed by atoms with Crippen molar-refractivity contribution in [2.75, 3.05) is 18.9 Å². The van der Waals surface area contributed by atoms with E-state index in [1.165, 1.54) is 0 Å². The Morgan fingerprint density at radius 1 is 1.42 bits per heavy atom. The molecule has 0 aliphatic carbocycles. The number of aliphatic hydroxyl groups excluding tert-OH is 1. The van der Waals surface area contributed by atoms with Gasteiger partial charge in [-0.3, -0.25) is 4.90 Å². The van der Waals surface area contributed by atoms with Gasteiger partial charge >= 0.3 is 0 Å². The first-order valence-corrected chi connectivity index (χ1v) is 7.34. The summed E-state index contributed by atoms with van der Waals surface area (Å²) in [5.41, 5.74) is 5.95. The quantitative estimate of drug-likeness (QED) is 0.845. The molecule has 0 radical (unpaired) electrons. The van der Waals surface area contributed by atoms with Crippen LogP contribution in [-0.2, 0) is 6.54 Å². The Hall–Kier alpha value is -1.24. The molecular weight excluding hydrogens is 260 g/mol. The predicted octanol–water partition coefficient (Wildman–Crippen LogP) is 1.87. The third-order valence-corrected chi connectivity index (χ3v) is 3.89. The third kappa shape index (κ3) is 3.40. The van der Waals surface area contributed by atoms with Crippen molar-refractivity contribution in [3.05, 3.63) is 17.3 Å². The number of hydrogen-bond acceptors (Lipinski definition) is 6. The molecule has 0 unspecified atom stereocenters. The summed E-state index contributed by atoms with van der Waals surface area (Å²) in [5.74, 6) is 1.30. The molecule has 2 aromatic heterocycles. The van der Waals surface area contributed by atoms with Gasteiger partial charge in [0.05, 0.1) is 11.9 Å². The van der Waals surface area contributed by atoms with Crippen LogP contribution in [0.4, 0.5) is 5.82 Å². The second kappa shape index (κ2) is 6.27. The standard InChI is InChI=1S/C13H20N4OS/c1-9(2)17(5-3-6-18)8-11-15-12(14)10-4-7-19-13(10)16-11/h4,7,9,18H,3,5-6,8H2,1-2H3,(H2,14,15,16). The smallest absolute Gasteiger partial charge is 0.146 e. The van der Waals surface area contributed by atoms with E-state index in [2.05, 4.69) is 28.7 Å². The molecule has 2 aromatic rings. The maximum Gasteiger partial charge on any atom is 0.146 e. The molecule has 0 aliphatic rings. The number of anilines is 1. The number of thiophene rings is 1. The molecular formula is C13H20N4OS. The van der Waals surface area contributed by atoms with Gasteiger partial charge in [-0.25, -0.2) is 9.97 Å². The van der Waals surface area contributed by atoms with Gasteiger partial charge in [0.2, 0.25) is 0 Å². The highest BCUT2D eigenvalue weighted by molar-refractivity contribution is 7.16. The Kier molecular flexibility index (Phi) is 4.68. The van der Waals surface area contributed by atoms with Crippen molar-refractivity contribution in [3.8, 4) is 0 Å². The molecule has 5 nitrogen and oxygen atoms in total. The van der Waals surface area contributed by atoms with E-state index in [1.807, 2.05) is 11.4 Å². The SMILES string of the molecule is CC(C)N(CCCO)Cc1nc(N)c2ccsc2n1. The van der Waals surface area contributed by atoms with Crippen LogP contribution < -0.4 is 5.73 Å². The van der Waals surface area contributed by atoms with Gasteiger partial charge in [-0.1, -0.05) is 0 Å². The zero-order valence-corrected chi connectivity index (χ0v) is 12.2. The van der Waals surface area contributed by atoms with Crippen molar-refractivity contribution >= 4 is 27.4 Å². The summed E-state index contributed by atoms with van der Waals surface area (Å²) < 4.78 is 0. The lowest BCUT2D eigenvalue weighted by molar-refractivity contribution is 0.181. The van der Waals surface area contributed by atoms with Gasteiger partial charge in [-0.05, 0) is 31.7 Å². The molecule has 2 heterocycles. The minimum Gasteiger partial charge on any atom is -0.396 e. The number of nitrogen functional groups attached to an aromatic ring is 1. The Morgan fingerprint density at radius 2 is 2.21 bits per heavy atom. The highest BCUT2D eigenvalue weighted by Gasteiger charge is 2.13. The van der Waals surface area contributed by atoms with E-state index >= 15 is 0 Å². The van der Waals surface area contributed by atoms with Crippen LogP contribution in [0.1, 0.15) is 26.1 Å². The Morgan fingerprint density at radius 3 is 2.89 bits per heavy atom. The Balaban J connectivity index is 2.18. The average Bonchev–Trinajstić information content (AvgIpc) is 2.82. The Bertz CT molecular complexity index is 540. The summed E-state index contributed by atoms with van der Waals surface area (Å²) in [6.07, 6.45) is 0.759. The molecule has 0 fully saturated rings. The molecule has 0 bridgehead atoms. The first kappa shape index (κ1) is 14.2. The van der Waals surface area contributed by atoms with E-state index < -0.39 is 0 Å². The van der Waals surface area contributed by atoms with Crippen molar-refractivity contribution in [1.29, 1.82) is 0 Å². The van der Waals surface area contributed by atoms with E-state index in [4.69, 9.17) is 10.8 Å². The van der Waals surface area contributed by atoms with E-state index in [0.29, 0.717) is 18.4 Å². The van der Waals surface area contributed by atoms with Gasteiger partial charge in [0.1, 0.15) is 16.5 Å². The van der Waals surface area contributed by atoms with E-state index in [0.717, 1.165) is 29.0 Å². The van der Waals surface area contributed by atoms with Crippen LogP contribution in [0.15, 0.2) is 11.4 Å². The monoisotopic (exact) mass is 280 g/mol. The minimum absolute atomic E-state index is 0.205. The van der Waals surface area contributed by atoms with Crippen molar-refractivity contribution in [2.24, 2.45) is 0 Å². The van der Waals surface area contributed by atoms with Gasteiger partial charge < -0.3 is 10.8 Å². The van der Waals surface area contributed by atoms with Gasteiger partial charge in [0, 0.05) is 19.2 Å². The van der Waals surface area contributed by atoms with Crippen LogP contribution in [0.3, 0.4) is 0 Å². The average molecular weight is 280 g/mol. The molecule has 0 saturated heterocycles. The summed E-state index contributed by atoms with van der Waals surface area (Å²) in [7, 11) is 0. The van der Waals surface area contributed by atoms with Crippen molar-refractivity contribution < 1.29 is 5.11 Å². The third-order valence-electron chi connectivity index (χ3n) is 3.08. The molecule has 2 rings (SSSR count). The highest BCUT2D eigenvalue weighted by atomic mass is 32.1. The number of aliphatic hydroxyl groups is 1. The van der Waals surface area contributed by atoms with E-state index in [1.54, 1.807) is 11.3 Å². The molecule has 0 amide bonds. The fourth-order valence-corrected chi connectivity index (χ4v) is 2.76. The second-order valence-electron chi connectivity index (χ2n) is 4.81. The molecule has 0 aliphatic heterocycles. The number of aromatic nitrogens is 2. The van der Waals surface area contributed by atoms with Gasteiger partial charge in [-0.2, -0.15) is 0 Å². The highest BCUT2D eigenvalue weighted by Crippen LogP contribution is 2.23. The van der Waals surface area contributed by atoms with Crippen molar-refractivity contribution in [2.45, 2.75) is 32.9 Å². The molecule has 104 valence electrons. The largest absolute Gasteiger partial charge is 0.396 e. The lowest BCUT2D eigenvalue weighted by Crippen LogP contribution is -2.32.